The predicted molar refractivity (Wildman–Crippen MR) is 89.1 cm³/mol. The van der Waals surface area contributed by atoms with Gasteiger partial charge in [0.05, 0.1) is 24.1 Å². The minimum atomic E-state index is -0.426. The van der Waals surface area contributed by atoms with E-state index in [9.17, 15) is 14.4 Å². The van der Waals surface area contributed by atoms with Crippen LogP contribution in [0.1, 0.15) is 29.6 Å². The van der Waals surface area contributed by atoms with Crippen LogP contribution in [-0.2, 0) is 14.3 Å². The topological polar surface area (TPSA) is 79.5 Å². The lowest BCUT2D eigenvalue weighted by atomic mass is 9.71. The van der Waals surface area contributed by atoms with Crippen LogP contribution in [0.25, 0.3) is 10.9 Å². The Morgan fingerprint density at radius 1 is 1.16 bits per heavy atom. The number of benzene rings is 1. The maximum atomic E-state index is 12.6. The van der Waals surface area contributed by atoms with Crippen molar-refractivity contribution >= 4 is 28.4 Å². The fourth-order valence-electron chi connectivity index (χ4n) is 4.68. The van der Waals surface area contributed by atoms with E-state index in [1.165, 1.54) is 0 Å². The highest BCUT2D eigenvalue weighted by atomic mass is 16.5. The van der Waals surface area contributed by atoms with Crippen LogP contribution >= 0.6 is 0 Å². The number of nitrogens with zero attached hydrogens (tertiary/aromatic N) is 1. The minimum Gasteiger partial charge on any atom is -0.459 e. The second-order valence-electron chi connectivity index (χ2n) is 7.25. The zero-order valence-electron chi connectivity index (χ0n) is 13.6. The molecular formula is C19H18N2O4. The Hall–Kier alpha value is -2.47. The Kier molecular flexibility index (Phi) is 3.12. The number of esters is 1. The number of ether oxygens (including phenoxy) is 1. The molecule has 6 heteroatoms. The first-order chi connectivity index (χ1) is 12.1. The molecule has 1 aromatic carbocycles. The highest BCUT2D eigenvalue weighted by Gasteiger charge is 2.54. The molecule has 6 nitrogen and oxygen atoms in total. The van der Waals surface area contributed by atoms with Gasteiger partial charge < -0.3 is 9.72 Å². The molecule has 6 rings (SSSR count). The molecule has 5 unspecified atom stereocenters. The fraction of sp³-hybridized carbons (Fsp3) is 0.421. The first-order valence-corrected chi connectivity index (χ1v) is 8.71. The lowest BCUT2D eigenvalue weighted by Crippen LogP contribution is -2.67. The van der Waals surface area contributed by atoms with Gasteiger partial charge in [-0.05, 0) is 12.5 Å². The average Bonchev–Trinajstić information content (AvgIpc) is 3.03. The Morgan fingerprint density at radius 3 is 2.88 bits per heavy atom. The van der Waals surface area contributed by atoms with E-state index in [0.29, 0.717) is 31.4 Å². The molecule has 4 aliphatic heterocycles. The van der Waals surface area contributed by atoms with E-state index < -0.39 is 5.92 Å². The van der Waals surface area contributed by atoms with Crippen LogP contribution in [0.5, 0.6) is 0 Å². The van der Waals surface area contributed by atoms with Crippen LogP contribution in [0.15, 0.2) is 30.5 Å². The molecular weight excluding hydrogens is 320 g/mol. The second-order valence-corrected chi connectivity index (χ2v) is 7.25. The number of Topliss-reactive ketones (excluding diaryl/α,β-unsaturated/α-hetero) is 2. The molecule has 0 spiro atoms. The number of nitrogens with one attached hydrogen (secondary N) is 1. The Bertz CT molecular complexity index is 902. The summed E-state index contributed by atoms with van der Waals surface area (Å²) in [4.78, 5) is 42.0. The molecule has 2 aromatic rings. The Morgan fingerprint density at radius 2 is 2.00 bits per heavy atom. The number of para-hydroxylation sites is 1. The largest absolute Gasteiger partial charge is 0.459 e. The Balaban J connectivity index is 1.35. The third kappa shape index (κ3) is 2.17. The van der Waals surface area contributed by atoms with Crippen molar-refractivity contribution in [1.29, 1.82) is 0 Å². The summed E-state index contributed by atoms with van der Waals surface area (Å²) in [6.07, 6.45) is 3.17. The van der Waals surface area contributed by atoms with E-state index in [4.69, 9.17) is 4.74 Å². The number of carbonyl (C=O) groups is 3. The minimum absolute atomic E-state index is 0.0142. The number of piperidine rings is 4. The first kappa shape index (κ1) is 14.8. The van der Waals surface area contributed by atoms with Gasteiger partial charge in [-0.1, -0.05) is 18.2 Å². The lowest BCUT2D eigenvalue weighted by Gasteiger charge is -2.53. The monoisotopic (exact) mass is 338 g/mol. The molecule has 4 saturated heterocycles. The van der Waals surface area contributed by atoms with Crippen LogP contribution in [0.4, 0.5) is 0 Å². The summed E-state index contributed by atoms with van der Waals surface area (Å²) in [5.41, 5.74) is 1.42. The van der Waals surface area contributed by atoms with Crippen molar-refractivity contribution in [1.82, 2.24) is 9.88 Å². The first-order valence-electron chi connectivity index (χ1n) is 8.71. The number of carbonyl (C=O) groups excluding carboxylic acids is 3. The van der Waals surface area contributed by atoms with Crippen molar-refractivity contribution in [2.24, 2.45) is 5.92 Å². The van der Waals surface area contributed by atoms with E-state index in [1.807, 2.05) is 29.2 Å². The quantitative estimate of drug-likeness (QED) is 0.666. The van der Waals surface area contributed by atoms with E-state index in [1.54, 1.807) is 6.20 Å². The van der Waals surface area contributed by atoms with Crippen LogP contribution in [-0.4, -0.2) is 52.2 Å². The molecule has 5 heterocycles. The molecule has 25 heavy (non-hydrogen) atoms. The summed E-state index contributed by atoms with van der Waals surface area (Å²) in [5, 5.41) is 0.841. The molecule has 0 saturated carbocycles. The maximum absolute atomic E-state index is 12.6. The van der Waals surface area contributed by atoms with E-state index in [0.717, 1.165) is 10.9 Å². The van der Waals surface area contributed by atoms with Gasteiger partial charge in [-0.2, -0.15) is 0 Å². The standard InChI is InChI=1S/C19H18N2O4/c22-17-9-21-10-5-11(7-16(21)18(23)13(17)6-10)25-19(24)14-8-20-15-4-2-1-3-12(14)15/h1-4,8,10-11,13,16,20H,5-7,9H2. The number of rotatable bonds is 2. The summed E-state index contributed by atoms with van der Waals surface area (Å²) in [5.74, 6) is -0.719. The van der Waals surface area contributed by atoms with Crippen LogP contribution < -0.4 is 0 Å². The number of hydrogen-bond donors (Lipinski definition) is 1. The van der Waals surface area contributed by atoms with Gasteiger partial charge in [0.1, 0.15) is 6.10 Å². The summed E-state index contributed by atoms with van der Waals surface area (Å²) in [6.45, 7) is 0.370. The van der Waals surface area contributed by atoms with Crippen LogP contribution in [0.2, 0.25) is 0 Å². The molecule has 4 fully saturated rings. The number of hydrogen-bond acceptors (Lipinski definition) is 5. The molecule has 0 radical (unpaired) electrons. The summed E-state index contributed by atoms with van der Waals surface area (Å²) >= 11 is 0. The van der Waals surface area contributed by atoms with E-state index in [-0.39, 0.29) is 35.7 Å². The molecule has 1 aromatic heterocycles. The number of fused-ring (bicyclic) bond motifs is 2. The number of H-pyrrole nitrogens is 1. The van der Waals surface area contributed by atoms with Crippen molar-refractivity contribution in [2.75, 3.05) is 6.54 Å². The van der Waals surface area contributed by atoms with Crippen LogP contribution in [0, 0.1) is 5.92 Å². The van der Waals surface area contributed by atoms with Gasteiger partial charge in [0.15, 0.2) is 11.6 Å². The maximum Gasteiger partial charge on any atom is 0.340 e. The summed E-state index contributed by atoms with van der Waals surface area (Å²) in [6, 6.07) is 7.50. The van der Waals surface area contributed by atoms with Crippen molar-refractivity contribution in [3.05, 3.63) is 36.0 Å². The predicted octanol–water partition coefficient (Wildman–Crippen LogP) is 1.70. The van der Waals surface area contributed by atoms with Crippen molar-refractivity contribution < 1.29 is 19.1 Å². The molecule has 0 aliphatic carbocycles. The molecule has 4 bridgehead atoms. The highest BCUT2D eigenvalue weighted by molar-refractivity contribution is 6.09. The summed E-state index contributed by atoms with van der Waals surface area (Å²) in [7, 11) is 0. The molecule has 5 atom stereocenters. The van der Waals surface area contributed by atoms with E-state index in [2.05, 4.69) is 4.98 Å². The van der Waals surface area contributed by atoms with Gasteiger partial charge in [-0.15, -0.1) is 0 Å². The van der Waals surface area contributed by atoms with Gasteiger partial charge in [0.25, 0.3) is 0 Å². The number of aromatic amines is 1. The third-order valence-corrected chi connectivity index (χ3v) is 5.88. The van der Waals surface area contributed by atoms with Crippen LogP contribution in [0.3, 0.4) is 0 Å². The van der Waals surface area contributed by atoms with Crippen molar-refractivity contribution in [2.45, 2.75) is 37.5 Å². The van der Waals surface area contributed by atoms with Crippen molar-refractivity contribution in [3.63, 3.8) is 0 Å². The smallest absolute Gasteiger partial charge is 0.340 e. The van der Waals surface area contributed by atoms with Gasteiger partial charge in [0, 0.05) is 36.0 Å². The lowest BCUT2D eigenvalue weighted by molar-refractivity contribution is -0.159. The molecule has 0 amide bonds. The molecule has 4 aliphatic rings. The SMILES string of the molecule is O=C(OC1CC2CC3C(=O)CN2C(C1)C3=O)c1c[nH]c2ccccc12. The Labute approximate surface area is 144 Å². The van der Waals surface area contributed by atoms with Gasteiger partial charge >= 0.3 is 5.97 Å². The second kappa shape index (κ2) is 5.26. The average molecular weight is 338 g/mol. The molecule has 1 N–H and O–H groups in total. The summed E-state index contributed by atoms with van der Waals surface area (Å²) < 4.78 is 5.74. The van der Waals surface area contributed by atoms with Gasteiger partial charge in [0.2, 0.25) is 0 Å². The highest BCUT2D eigenvalue weighted by Crippen LogP contribution is 2.40. The normalized spacial score (nSPS) is 33.7. The van der Waals surface area contributed by atoms with Gasteiger partial charge in [-0.3, -0.25) is 14.5 Å². The van der Waals surface area contributed by atoms with E-state index >= 15 is 0 Å². The van der Waals surface area contributed by atoms with Gasteiger partial charge in [-0.25, -0.2) is 4.79 Å². The third-order valence-electron chi connectivity index (χ3n) is 5.88. The number of ketones is 2. The fourth-order valence-corrected chi connectivity index (χ4v) is 4.68. The number of aromatic nitrogens is 1. The zero-order valence-corrected chi connectivity index (χ0v) is 13.6. The zero-order chi connectivity index (χ0) is 17.1. The van der Waals surface area contributed by atoms with Crippen molar-refractivity contribution in [3.8, 4) is 0 Å². The molecule has 128 valence electrons.